The van der Waals surface area contributed by atoms with Gasteiger partial charge in [0, 0.05) is 0 Å². The van der Waals surface area contributed by atoms with Crippen LogP contribution in [0.4, 0.5) is 0 Å². The molecule has 4 aromatic carbocycles. The summed E-state index contributed by atoms with van der Waals surface area (Å²) >= 11 is 0. The zero-order valence-corrected chi connectivity index (χ0v) is 29.8. The van der Waals surface area contributed by atoms with Crippen molar-refractivity contribution in [3.63, 3.8) is 0 Å². The van der Waals surface area contributed by atoms with Gasteiger partial charge in [0.25, 0.3) is 0 Å². The summed E-state index contributed by atoms with van der Waals surface area (Å²) in [7, 11) is -4.24. The topological polar surface area (TPSA) is 0 Å². The molecule has 6 rings (SSSR count). The van der Waals surface area contributed by atoms with Gasteiger partial charge >= 0.3 is 286 Å². The molecule has 0 atom stereocenters. The van der Waals surface area contributed by atoms with E-state index >= 15 is 0 Å². The average molecular weight is 653 g/mol. The van der Waals surface area contributed by atoms with Crippen LogP contribution in [0, 0.1) is 0 Å². The van der Waals surface area contributed by atoms with E-state index in [9.17, 15) is 0 Å². The number of rotatable bonds is 16. The van der Waals surface area contributed by atoms with Crippen molar-refractivity contribution in [2.24, 2.45) is 0 Å². The van der Waals surface area contributed by atoms with Crippen LogP contribution in [0.3, 0.4) is 0 Å². The van der Waals surface area contributed by atoms with Crippen molar-refractivity contribution in [1.82, 2.24) is 0 Å². The molecular formula is C45H50P2. The van der Waals surface area contributed by atoms with Crippen molar-refractivity contribution < 1.29 is 0 Å². The van der Waals surface area contributed by atoms with E-state index in [-0.39, 0.29) is 0 Å². The molecule has 2 aliphatic carbocycles. The van der Waals surface area contributed by atoms with E-state index in [2.05, 4.69) is 169 Å². The van der Waals surface area contributed by atoms with Gasteiger partial charge in [0.1, 0.15) is 0 Å². The second-order valence-corrected chi connectivity index (χ2v) is 21.2. The molecule has 0 radical (unpaired) electrons. The first-order valence-corrected chi connectivity index (χ1v) is 22.2. The predicted octanol–water partition coefficient (Wildman–Crippen LogP) is 10.5. The number of unbranched alkanes of at least 4 members (excludes halogenated alkanes) is 6. The normalized spacial score (nSPS) is 14.9. The van der Waals surface area contributed by atoms with Crippen LogP contribution in [0.25, 0.3) is 0 Å². The standard InChI is InChI=1S/C45H50P2/c1(2-4-24-38-46(40-26-12-6-13-27-40,41-28-14-7-15-29-41)42-30-16-8-17-31-42)3-5-25-39-47(43-32-18-9-19-33-43,44-34-20-10-21-35-44)45-36-22-11-23-37-45/h6-7,9-10,12-16,18-22,26-37,46-47H,1-5,8,17,24-25,38-39H2. The van der Waals surface area contributed by atoms with E-state index in [0.717, 1.165) is 0 Å². The Bertz CT molecular complexity index is 1670. The minimum absolute atomic E-state index is 1.17. The first-order valence-electron chi connectivity index (χ1n) is 17.8. The Kier molecular flexibility index (Phi) is 11.9. The second kappa shape index (κ2) is 16.9. The van der Waals surface area contributed by atoms with Crippen molar-refractivity contribution in [2.75, 3.05) is 12.3 Å². The van der Waals surface area contributed by atoms with Gasteiger partial charge in [-0.15, -0.1) is 0 Å². The van der Waals surface area contributed by atoms with E-state index < -0.39 is 14.5 Å². The van der Waals surface area contributed by atoms with Gasteiger partial charge in [0.15, 0.2) is 0 Å². The van der Waals surface area contributed by atoms with Crippen LogP contribution < -0.4 is 21.2 Å². The first kappa shape index (κ1) is 33.2. The number of allylic oxidation sites excluding steroid dienone is 8. The number of hydrogen-bond acceptors (Lipinski definition) is 0. The summed E-state index contributed by atoms with van der Waals surface area (Å²) in [5, 5.41) is 9.17. The van der Waals surface area contributed by atoms with Crippen LogP contribution in [0.5, 0.6) is 0 Å². The Balaban J connectivity index is 1.09. The van der Waals surface area contributed by atoms with Gasteiger partial charge in [-0.1, -0.05) is 0 Å². The molecule has 0 aromatic heterocycles. The van der Waals surface area contributed by atoms with Crippen molar-refractivity contribution >= 4 is 35.7 Å². The van der Waals surface area contributed by atoms with Crippen LogP contribution >= 0.6 is 14.5 Å². The Morgan fingerprint density at radius 3 is 1.26 bits per heavy atom. The van der Waals surface area contributed by atoms with Crippen LogP contribution in [-0.4, -0.2) is 12.3 Å². The van der Waals surface area contributed by atoms with Gasteiger partial charge < -0.3 is 0 Å². The Labute approximate surface area is 284 Å². The zero-order chi connectivity index (χ0) is 32.0. The monoisotopic (exact) mass is 652 g/mol. The molecule has 2 aliphatic rings. The molecule has 0 bridgehead atoms. The maximum absolute atomic E-state index is 3.29. The van der Waals surface area contributed by atoms with Crippen LogP contribution in [0.1, 0.15) is 57.8 Å². The van der Waals surface area contributed by atoms with Crippen molar-refractivity contribution in [3.8, 4) is 0 Å². The number of benzene rings is 4. The zero-order valence-electron chi connectivity index (χ0n) is 27.8. The third-order valence-electron chi connectivity index (χ3n) is 10.3. The summed E-state index contributed by atoms with van der Waals surface area (Å²) in [6, 6.07) is 45.5. The fraction of sp³-hybridized carbons (Fsp3) is 0.244. The fourth-order valence-corrected chi connectivity index (χ4v) is 17.9. The molecule has 2 heteroatoms. The summed E-state index contributed by atoms with van der Waals surface area (Å²) in [6.07, 6.45) is 28.0. The van der Waals surface area contributed by atoms with Crippen molar-refractivity contribution in [3.05, 3.63) is 180 Å². The van der Waals surface area contributed by atoms with E-state index in [0.29, 0.717) is 0 Å². The third-order valence-corrected chi connectivity index (χ3v) is 20.4. The predicted molar refractivity (Wildman–Crippen MR) is 214 cm³/mol. The molecule has 0 saturated carbocycles. The van der Waals surface area contributed by atoms with Gasteiger partial charge in [-0.2, -0.15) is 0 Å². The molecule has 0 amide bonds. The van der Waals surface area contributed by atoms with E-state index in [1.165, 1.54) is 86.0 Å². The Morgan fingerprint density at radius 1 is 0.447 bits per heavy atom. The van der Waals surface area contributed by atoms with Crippen LogP contribution in [0.15, 0.2) is 180 Å². The molecule has 0 saturated heterocycles. The molecule has 240 valence electrons. The first-order chi connectivity index (χ1) is 23.3. The third kappa shape index (κ3) is 7.71. The van der Waals surface area contributed by atoms with Crippen LogP contribution in [-0.2, 0) is 0 Å². The van der Waals surface area contributed by atoms with Crippen LogP contribution in [0.2, 0.25) is 0 Å². The van der Waals surface area contributed by atoms with Crippen molar-refractivity contribution in [1.29, 1.82) is 0 Å². The summed E-state index contributed by atoms with van der Waals surface area (Å²) in [5.74, 6) is 0. The summed E-state index contributed by atoms with van der Waals surface area (Å²) in [5.41, 5.74) is 6.44. The molecule has 0 unspecified atom stereocenters. The average Bonchev–Trinajstić information content (AvgIpc) is 3.16. The SMILES string of the molecule is C1=C=CC([PH](CCCCCCCCC[PH](C2=CCCC=C2)(c2ccccc2)c2ccccc2)(c2ccccc2)c2ccccc2)=CC=1. The molecule has 0 heterocycles. The summed E-state index contributed by atoms with van der Waals surface area (Å²) in [6.45, 7) is 0. The maximum atomic E-state index is 3.29. The van der Waals surface area contributed by atoms with Gasteiger partial charge in [-0.25, -0.2) is 0 Å². The molecule has 0 fully saturated rings. The Hall–Kier alpha value is -3.74. The summed E-state index contributed by atoms with van der Waals surface area (Å²) < 4.78 is 0. The van der Waals surface area contributed by atoms with E-state index in [4.69, 9.17) is 0 Å². The molecule has 4 aromatic rings. The van der Waals surface area contributed by atoms with Gasteiger partial charge in [-0.05, 0) is 0 Å². The van der Waals surface area contributed by atoms with Gasteiger partial charge in [0.2, 0.25) is 0 Å². The molecule has 0 spiro atoms. The molecule has 0 N–H and O–H groups in total. The Morgan fingerprint density at radius 2 is 0.872 bits per heavy atom. The second-order valence-electron chi connectivity index (χ2n) is 13.1. The fourth-order valence-electron chi connectivity index (χ4n) is 7.96. The molecule has 47 heavy (non-hydrogen) atoms. The quantitative estimate of drug-likeness (QED) is 0.0642. The molecule has 0 nitrogen and oxygen atoms in total. The van der Waals surface area contributed by atoms with Crippen molar-refractivity contribution in [2.45, 2.75) is 57.8 Å². The molecule has 0 aliphatic heterocycles. The summed E-state index contributed by atoms with van der Waals surface area (Å²) in [4.78, 5) is 0. The van der Waals surface area contributed by atoms with E-state index in [1.54, 1.807) is 15.9 Å². The van der Waals surface area contributed by atoms with E-state index in [1.807, 2.05) is 0 Å². The minimum atomic E-state index is -2.16. The van der Waals surface area contributed by atoms with Gasteiger partial charge in [-0.3, -0.25) is 0 Å². The van der Waals surface area contributed by atoms with Gasteiger partial charge in [0.05, 0.1) is 0 Å². The molecular weight excluding hydrogens is 602 g/mol. The number of hydrogen-bond donors (Lipinski definition) is 0.